The standard InChI is InChI=1S/C15H21NO2/c1-5-6-13-7-12(9-16)8-14(17-4)15(13)18-10-11(2)3/h5,7-8H,1-2,6,9-10,16H2,3-4H3. The number of rotatable bonds is 7. The minimum atomic E-state index is 0.473. The quantitative estimate of drug-likeness (QED) is 0.753. The Bertz CT molecular complexity index is 438. The van der Waals surface area contributed by atoms with Crippen LogP contribution in [-0.2, 0) is 13.0 Å². The van der Waals surface area contributed by atoms with Crippen LogP contribution < -0.4 is 15.2 Å². The molecule has 1 aromatic carbocycles. The summed E-state index contributed by atoms with van der Waals surface area (Å²) in [5.74, 6) is 1.45. The molecule has 0 saturated heterocycles. The fourth-order valence-corrected chi connectivity index (χ4v) is 1.66. The first kappa shape index (κ1) is 14.3. The summed E-state index contributed by atoms with van der Waals surface area (Å²) < 4.78 is 11.1. The van der Waals surface area contributed by atoms with E-state index >= 15 is 0 Å². The van der Waals surface area contributed by atoms with E-state index in [9.17, 15) is 0 Å². The van der Waals surface area contributed by atoms with Gasteiger partial charge in [-0.25, -0.2) is 0 Å². The second-order valence-corrected chi connectivity index (χ2v) is 4.23. The van der Waals surface area contributed by atoms with E-state index < -0.39 is 0 Å². The third-order valence-corrected chi connectivity index (χ3v) is 2.47. The monoisotopic (exact) mass is 247 g/mol. The molecule has 0 amide bonds. The highest BCUT2D eigenvalue weighted by Crippen LogP contribution is 2.33. The molecule has 2 N–H and O–H groups in total. The SMILES string of the molecule is C=CCc1cc(CN)cc(OC)c1OCC(=C)C. The second kappa shape index (κ2) is 6.87. The number of hydrogen-bond acceptors (Lipinski definition) is 3. The molecule has 0 aliphatic heterocycles. The lowest BCUT2D eigenvalue weighted by atomic mass is 10.1. The fraction of sp³-hybridized carbons (Fsp3) is 0.333. The molecule has 0 heterocycles. The van der Waals surface area contributed by atoms with Crippen LogP contribution in [0.25, 0.3) is 0 Å². The number of ether oxygens (including phenoxy) is 2. The third-order valence-electron chi connectivity index (χ3n) is 2.47. The molecule has 0 saturated carbocycles. The molecule has 0 radical (unpaired) electrons. The van der Waals surface area contributed by atoms with Gasteiger partial charge < -0.3 is 15.2 Å². The zero-order chi connectivity index (χ0) is 13.5. The van der Waals surface area contributed by atoms with Gasteiger partial charge in [-0.3, -0.25) is 0 Å². The summed E-state index contributed by atoms with van der Waals surface area (Å²) in [6.45, 7) is 10.5. The molecule has 0 fully saturated rings. The van der Waals surface area contributed by atoms with Crippen molar-refractivity contribution < 1.29 is 9.47 Å². The molecule has 0 aliphatic carbocycles. The summed E-state index contributed by atoms with van der Waals surface area (Å²) in [6.07, 6.45) is 2.55. The summed E-state index contributed by atoms with van der Waals surface area (Å²) >= 11 is 0. The summed E-state index contributed by atoms with van der Waals surface area (Å²) in [7, 11) is 1.63. The zero-order valence-electron chi connectivity index (χ0n) is 11.2. The minimum Gasteiger partial charge on any atom is -0.493 e. The van der Waals surface area contributed by atoms with Crippen LogP contribution in [0.4, 0.5) is 0 Å². The van der Waals surface area contributed by atoms with Gasteiger partial charge in [0.2, 0.25) is 0 Å². The molecule has 0 unspecified atom stereocenters. The molecular formula is C15H21NO2. The van der Waals surface area contributed by atoms with E-state index in [4.69, 9.17) is 15.2 Å². The van der Waals surface area contributed by atoms with E-state index in [1.807, 2.05) is 25.1 Å². The Kier molecular flexibility index (Phi) is 5.46. The van der Waals surface area contributed by atoms with Crippen LogP contribution in [0, 0.1) is 0 Å². The van der Waals surface area contributed by atoms with Crippen molar-refractivity contribution >= 4 is 0 Å². The zero-order valence-corrected chi connectivity index (χ0v) is 11.2. The van der Waals surface area contributed by atoms with E-state index in [1.165, 1.54) is 0 Å². The lowest BCUT2D eigenvalue weighted by Crippen LogP contribution is -2.05. The van der Waals surface area contributed by atoms with Crippen LogP contribution in [0.1, 0.15) is 18.1 Å². The highest BCUT2D eigenvalue weighted by molar-refractivity contribution is 5.50. The predicted molar refractivity (Wildman–Crippen MR) is 75.1 cm³/mol. The maximum absolute atomic E-state index is 5.76. The highest BCUT2D eigenvalue weighted by atomic mass is 16.5. The normalized spacial score (nSPS) is 9.94. The number of methoxy groups -OCH3 is 1. The topological polar surface area (TPSA) is 44.5 Å². The van der Waals surface area contributed by atoms with E-state index in [0.29, 0.717) is 18.9 Å². The van der Waals surface area contributed by atoms with Gasteiger partial charge in [0.15, 0.2) is 11.5 Å². The smallest absolute Gasteiger partial charge is 0.165 e. The van der Waals surface area contributed by atoms with Gasteiger partial charge in [-0.1, -0.05) is 18.7 Å². The summed E-state index contributed by atoms with van der Waals surface area (Å²) in [4.78, 5) is 0. The molecule has 3 nitrogen and oxygen atoms in total. The van der Waals surface area contributed by atoms with Gasteiger partial charge in [0.25, 0.3) is 0 Å². The van der Waals surface area contributed by atoms with Gasteiger partial charge in [0.1, 0.15) is 6.61 Å². The van der Waals surface area contributed by atoms with Crippen LogP contribution in [0.3, 0.4) is 0 Å². The molecule has 1 rings (SSSR count). The first-order valence-corrected chi connectivity index (χ1v) is 5.90. The summed E-state index contributed by atoms with van der Waals surface area (Å²) in [5.41, 5.74) is 8.69. The largest absolute Gasteiger partial charge is 0.493 e. The van der Waals surface area contributed by atoms with Crippen LogP contribution in [0.5, 0.6) is 11.5 Å². The van der Waals surface area contributed by atoms with Gasteiger partial charge in [-0.2, -0.15) is 0 Å². The number of allylic oxidation sites excluding steroid dienone is 1. The van der Waals surface area contributed by atoms with E-state index in [0.717, 1.165) is 28.9 Å². The average Bonchev–Trinajstić information content (AvgIpc) is 2.36. The molecule has 1 aromatic rings. The van der Waals surface area contributed by atoms with Crippen LogP contribution in [0.15, 0.2) is 36.9 Å². The molecule has 18 heavy (non-hydrogen) atoms. The Morgan fingerprint density at radius 2 is 2.17 bits per heavy atom. The van der Waals surface area contributed by atoms with Crippen LogP contribution in [-0.4, -0.2) is 13.7 Å². The Labute approximate surface area is 109 Å². The van der Waals surface area contributed by atoms with Crippen molar-refractivity contribution in [3.05, 3.63) is 48.1 Å². The summed E-state index contributed by atoms with van der Waals surface area (Å²) in [6, 6.07) is 3.93. The average molecular weight is 247 g/mol. The Morgan fingerprint density at radius 3 is 2.67 bits per heavy atom. The molecule has 0 atom stereocenters. The summed E-state index contributed by atoms with van der Waals surface area (Å²) in [5, 5.41) is 0. The van der Waals surface area contributed by atoms with Crippen LogP contribution >= 0.6 is 0 Å². The van der Waals surface area contributed by atoms with Crippen molar-refractivity contribution in [2.24, 2.45) is 5.73 Å². The van der Waals surface area contributed by atoms with Gasteiger partial charge >= 0.3 is 0 Å². The Balaban J connectivity index is 3.15. The van der Waals surface area contributed by atoms with Crippen molar-refractivity contribution in [1.82, 2.24) is 0 Å². The van der Waals surface area contributed by atoms with Crippen molar-refractivity contribution in [2.75, 3.05) is 13.7 Å². The van der Waals surface area contributed by atoms with Gasteiger partial charge in [-0.05, 0) is 30.5 Å². The Hall–Kier alpha value is -1.74. The molecule has 0 aromatic heterocycles. The van der Waals surface area contributed by atoms with E-state index in [1.54, 1.807) is 7.11 Å². The molecule has 3 heteroatoms. The van der Waals surface area contributed by atoms with E-state index in [2.05, 4.69) is 13.2 Å². The van der Waals surface area contributed by atoms with Crippen molar-refractivity contribution in [3.63, 3.8) is 0 Å². The lowest BCUT2D eigenvalue weighted by Gasteiger charge is -2.16. The molecule has 98 valence electrons. The number of benzene rings is 1. The first-order chi connectivity index (χ1) is 8.62. The van der Waals surface area contributed by atoms with E-state index in [-0.39, 0.29) is 0 Å². The maximum Gasteiger partial charge on any atom is 0.165 e. The molecular weight excluding hydrogens is 226 g/mol. The van der Waals surface area contributed by atoms with Gasteiger partial charge in [0, 0.05) is 12.1 Å². The van der Waals surface area contributed by atoms with Gasteiger partial charge in [-0.15, -0.1) is 6.58 Å². The number of nitrogens with two attached hydrogens (primary N) is 1. The molecule has 0 bridgehead atoms. The van der Waals surface area contributed by atoms with Crippen molar-refractivity contribution in [2.45, 2.75) is 19.9 Å². The second-order valence-electron chi connectivity index (χ2n) is 4.23. The lowest BCUT2D eigenvalue weighted by molar-refractivity contribution is 0.316. The van der Waals surface area contributed by atoms with Crippen molar-refractivity contribution in [1.29, 1.82) is 0 Å². The first-order valence-electron chi connectivity index (χ1n) is 5.90. The third kappa shape index (κ3) is 3.64. The molecule has 0 aliphatic rings. The molecule has 0 spiro atoms. The highest BCUT2D eigenvalue weighted by Gasteiger charge is 2.12. The maximum atomic E-state index is 5.76. The minimum absolute atomic E-state index is 0.473. The fourth-order valence-electron chi connectivity index (χ4n) is 1.66. The van der Waals surface area contributed by atoms with Crippen molar-refractivity contribution in [3.8, 4) is 11.5 Å². The Morgan fingerprint density at radius 1 is 1.44 bits per heavy atom. The van der Waals surface area contributed by atoms with Crippen LogP contribution in [0.2, 0.25) is 0 Å². The number of hydrogen-bond donors (Lipinski definition) is 1. The predicted octanol–water partition coefficient (Wildman–Crippen LogP) is 2.84. The van der Waals surface area contributed by atoms with Gasteiger partial charge in [0.05, 0.1) is 7.11 Å².